The highest BCUT2D eigenvalue weighted by Gasteiger charge is 2.15. The normalized spacial score (nSPS) is 11.5. The summed E-state index contributed by atoms with van der Waals surface area (Å²) in [6.07, 6.45) is 2.13. The van der Waals surface area contributed by atoms with Gasteiger partial charge in [-0.15, -0.1) is 0 Å². The van der Waals surface area contributed by atoms with Gasteiger partial charge in [-0.1, -0.05) is 20.8 Å². The first-order chi connectivity index (χ1) is 6.79. The summed E-state index contributed by atoms with van der Waals surface area (Å²) in [4.78, 5) is 15.3. The van der Waals surface area contributed by atoms with Gasteiger partial charge in [0, 0.05) is 5.69 Å². The fourth-order valence-corrected chi connectivity index (χ4v) is 1.41. The molecule has 1 N–H and O–H groups in total. The molecule has 1 aromatic heterocycles. The van der Waals surface area contributed by atoms with Gasteiger partial charge in [0.15, 0.2) is 5.78 Å². The lowest BCUT2D eigenvalue weighted by molar-refractivity contribution is 0.101. The van der Waals surface area contributed by atoms with Crippen molar-refractivity contribution in [3.8, 4) is 5.75 Å². The number of carbonyl (C=O) groups is 1. The summed E-state index contributed by atoms with van der Waals surface area (Å²) in [5.74, 6) is -0.176. The molecule has 1 aromatic rings. The number of Topliss-reactive ketones (excluding diaryl/α,β-unsaturated/α-hetero) is 1. The first kappa shape index (κ1) is 11.7. The fraction of sp³-hybridized carbons (Fsp3) is 0.500. The van der Waals surface area contributed by atoms with Gasteiger partial charge in [0.25, 0.3) is 0 Å². The van der Waals surface area contributed by atoms with Crippen molar-refractivity contribution in [1.82, 2.24) is 4.98 Å². The minimum Gasteiger partial charge on any atom is -0.506 e. The number of aromatic hydroxyl groups is 1. The molecule has 3 nitrogen and oxygen atoms in total. The van der Waals surface area contributed by atoms with Crippen LogP contribution in [0.15, 0.2) is 12.3 Å². The molecule has 0 atom stereocenters. The summed E-state index contributed by atoms with van der Waals surface area (Å²) >= 11 is 0. The smallest absolute Gasteiger partial charge is 0.163 e. The Hall–Kier alpha value is -1.38. The van der Waals surface area contributed by atoms with E-state index in [1.807, 2.05) is 0 Å². The molecule has 0 unspecified atom stereocenters. The van der Waals surface area contributed by atoms with Crippen molar-refractivity contribution in [3.05, 3.63) is 23.5 Å². The zero-order valence-corrected chi connectivity index (χ0v) is 9.66. The van der Waals surface area contributed by atoms with Crippen molar-refractivity contribution < 1.29 is 9.90 Å². The molecule has 3 heteroatoms. The van der Waals surface area contributed by atoms with Crippen LogP contribution in [0.5, 0.6) is 5.75 Å². The SMILES string of the molecule is CC(=O)c1cc(CC(C)(C)C)ncc1O. The van der Waals surface area contributed by atoms with Crippen molar-refractivity contribution in [1.29, 1.82) is 0 Å². The van der Waals surface area contributed by atoms with Gasteiger partial charge in [0.1, 0.15) is 5.75 Å². The molecule has 0 amide bonds. The Kier molecular flexibility index (Phi) is 3.12. The Morgan fingerprint density at radius 1 is 1.47 bits per heavy atom. The zero-order chi connectivity index (χ0) is 11.6. The number of hydrogen-bond acceptors (Lipinski definition) is 3. The molecular formula is C12H17NO2. The van der Waals surface area contributed by atoms with E-state index in [-0.39, 0.29) is 16.9 Å². The van der Waals surface area contributed by atoms with E-state index in [0.29, 0.717) is 5.56 Å². The molecule has 0 bridgehead atoms. The molecule has 82 valence electrons. The highest BCUT2D eigenvalue weighted by Crippen LogP contribution is 2.23. The van der Waals surface area contributed by atoms with E-state index in [0.717, 1.165) is 12.1 Å². The molecule has 0 fully saturated rings. The van der Waals surface area contributed by atoms with Gasteiger partial charge in [-0.25, -0.2) is 0 Å². The molecule has 0 aliphatic heterocycles. The second kappa shape index (κ2) is 4.01. The number of aromatic nitrogens is 1. The topological polar surface area (TPSA) is 50.2 Å². The van der Waals surface area contributed by atoms with E-state index in [1.165, 1.54) is 13.1 Å². The number of carbonyl (C=O) groups excluding carboxylic acids is 1. The van der Waals surface area contributed by atoms with Gasteiger partial charge in [-0.2, -0.15) is 0 Å². The minimum atomic E-state index is -0.134. The molecule has 0 radical (unpaired) electrons. The van der Waals surface area contributed by atoms with Gasteiger partial charge in [-0.05, 0) is 24.8 Å². The Morgan fingerprint density at radius 2 is 2.07 bits per heavy atom. The Bertz CT molecular complexity index is 378. The summed E-state index contributed by atoms with van der Waals surface area (Å²) in [5.41, 5.74) is 1.31. The lowest BCUT2D eigenvalue weighted by Gasteiger charge is -2.17. The summed E-state index contributed by atoms with van der Waals surface area (Å²) in [6.45, 7) is 7.76. The summed E-state index contributed by atoms with van der Waals surface area (Å²) in [7, 11) is 0. The predicted octanol–water partition coefficient (Wildman–Crippen LogP) is 2.58. The van der Waals surface area contributed by atoms with Crippen LogP contribution in [0, 0.1) is 5.41 Å². The van der Waals surface area contributed by atoms with Gasteiger partial charge < -0.3 is 5.11 Å². The van der Waals surface area contributed by atoms with Crippen molar-refractivity contribution >= 4 is 5.78 Å². The van der Waals surface area contributed by atoms with Crippen LogP contribution in [0.25, 0.3) is 0 Å². The Balaban J connectivity index is 3.03. The second-order valence-electron chi connectivity index (χ2n) is 4.99. The Labute approximate surface area is 90.2 Å². The first-order valence-corrected chi connectivity index (χ1v) is 4.98. The first-order valence-electron chi connectivity index (χ1n) is 4.98. The fourth-order valence-electron chi connectivity index (χ4n) is 1.41. The standard InChI is InChI=1S/C12H17NO2/c1-8(14)10-5-9(6-12(2,3)4)13-7-11(10)15/h5,7,15H,6H2,1-4H3. The third-order valence-corrected chi connectivity index (χ3v) is 2.03. The second-order valence-corrected chi connectivity index (χ2v) is 4.99. The monoisotopic (exact) mass is 207 g/mol. The molecule has 0 aliphatic rings. The molecule has 1 rings (SSSR count). The van der Waals surface area contributed by atoms with Crippen LogP contribution in [0.1, 0.15) is 43.7 Å². The lowest BCUT2D eigenvalue weighted by atomic mass is 9.90. The lowest BCUT2D eigenvalue weighted by Crippen LogP contribution is -2.11. The van der Waals surface area contributed by atoms with Crippen LogP contribution in [0.4, 0.5) is 0 Å². The van der Waals surface area contributed by atoms with E-state index >= 15 is 0 Å². The van der Waals surface area contributed by atoms with Gasteiger partial charge in [-0.3, -0.25) is 9.78 Å². The maximum atomic E-state index is 11.2. The Morgan fingerprint density at radius 3 is 2.53 bits per heavy atom. The van der Waals surface area contributed by atoms with Crippen molar-refractivity contribution in [2.24, 2.45) is 5.41 Å². The highest BCUT2D eigenvalue weighted by molar-refractivity contribution is 5.96. The predicted molar refractivity (Wildman–Crippen MR) is 59.1 cm³/mol. The summed E-state index contributed by atoms with van der Waals surface area (Å²) < 4.78 is 0. The molecule has 15 heavy (non-hydrogen) atoms. The van der Waals surface area contributed by atoms with Gasteiger partial charge in [0.2, 0.25) is 0 Å². The summed E-state index contributed by atoms with van der Waals surface area (Å²) in [6, 6.07) is 1.67. The average molecular weight is 207 g/mol. The molecule has 0 aliphatic carbocycles. The largest absolute Gasteiger partial charge is 0.506 e. The van der Waals surface area contributed by atoms with E-state index in [2.05, 4.69) is 25.8 Å². The third kappa shape index (κ3) is 3.35. The number of ketones is 1. The minimum absolute atomic E-state index is 0.0415. The number of hydrogen-bond donors (Lipinski definition) is 1. The van der Waals surface area contributed by atoms with Crippen molar-refractivity contribution in [2.75, 3.05) is 0 Å². The maximum Gasteiger partial charge on any atom is 0.163 e. The maximum absolute atomic E-state index is 11.2. The molecule has 0 saturated carbocycles. The quantitative estimate of drug-likeness (QED) is 0.758. The third-order valence-electron chi connectivity index (χ3n) is 2.03. The van der Waals surface area contributed by atoms with Crippen molar-refractivity contribution in [3.63, 3.8) is 0 Å². The van der Waals surface area contributed by atoms with E-state index in [9.17, 15) is 9.90 Å². The highest BCUT2D eigenvalue weighted by atomic mass is 16.3. The number of pyridine rings is 1. The van der Waals surface area contributed by atoms with Gasteiger partial charge in [0.05, 0.1) is 11.8 Å². The van der Waals surface area contributed by atoms with Crippen LogP contribution >= 0.6 is 0 Å². The average Bonchev–Trinajstić information content (AvgIpc) is 2.05. The van der Waals surface area contributed by atoms with Crippen molar-refractivity contribution in [2.45, 2.75) is 34.1 Å². The number of nitrogens with zero attached hydrogens (tertiary/aromatic N) is 1. The molecule has 0 spiro atoms. The molecule has 1 heterocycles. The van der Waals surface area contributed by atoms with E-state index in [4.69, 9.17) is 0 Å². The van der Waals surface area contributed by atoms with Gasteiger partial charge >= 0.3 is 0 Å². The van der Waals surface area contributed by atoms with E-state index < -0.39 is 0 Å². The van der Waals surface area contributed by atoms with Crippen LogP contribution in [-0.4, -0.2) is 15.9 Å². The van der Waals surface area contributed by atoms with Crippen LogP contribution in [-0.2, 0) is 6.42 Å². The molecule has 0 aromatic carbocycles. The molecular weight excluding hydrogens is 190 g/mol. The number of rotatable bonds is 2. The van der Waals surface area contributed by atoms with E-state index in [1.54, 1.807) is 6.07 Å². The molecule has 0 saturated heterocycles. The van der Waals surface area contributed by atoms with Crippen LogP contribution in [0.2, 0.25) is 0 Å². The zero-order valence-electron chi connectivity index (χ0n) is 9.66. The van der Waals surface area contributed by atoms with Crippen LogP contribution in [0.3, 0.4) is 0 Å². The van der Waals surface area contributed by atoms with Crippen LogP contribution < -0.4 is 0 Å². The summed E-state index contributed by atoms with van der Waals surface area (Å²) in [5, 5.41) is 9.42.